The van der Waals surface area contributed by atoms with Crippen molar-refractivity contribution < 1.29 is 13.2 Å². The van der Waals surface area contributed by atoms with Crippen LogP contribution >= 0.6 is 0 Å². The van der Waals surface area contributed by atoms with E-state index in [1.54, 1.807) is 0 Å². The first kappa shape index (κ1) is 12.9. The number of hydrogen-bond donors (Lipinski definition) is 1. The summed E-state index contributed by atoms with van der Waals surface area (Å²) < 4.78 is 26.9. The summed E-state index contributed by atoms with van der Waals surface area (Å²) >= 11 is 0. The van der Waals surface area contributed by atoms with Crippen molar-refractivity contribution in [2.24, 2.45) is 11.1 Å². The zero-order chi connectivity index (χ0) is 11.3. The summed E-state index contributed by atoms with van der Waals surface area (Å²) in [4.78, 5) is 0. The van der Waals surface area contributed by atoms with Gasteiger partial charge in [-0.1, -0.05) is 19.8 Å². The van der Waals surface area contributed by atoms with E-state index in [-0.39, 0.29) is 5.75 Å². The van der Waals surface area contributed by atoms with Crippen LogP contribution in [0.5, 0.6) is 0 Å². The average molecular weight is 235 g/mol. The Hall–Kier alpha value is -0.130. The molecule has 0 bridgehead atoms. The third-order valence-electron chi connectivity index (χ3n) is 2.82. The quantitative estimate of drug-likeness (QED) is 0.729. The molecule has 2 unspecified atom stereocenters. The maximum Gasteiger partial charge on any atom is 0.209 e. The first-order chi connectivity index (χ1) is 6.97. The van der Waals surface area contributed by atoms with Gasteiger partial charge in [0.2, 0.25) is 10.0 Å². The lowest BCUT2D eigenvalue weighted by atomic mass is 9.89. The lowest BCUT2D eigenvalue weighted by Crippen LogP contribution is -2.23. The Morgan fingerprint density at radius 2 is 2.13 bits per heavy atom. The lowest BCUT2D eigenvalue weighted by Gasteiger charge is -2.26. The third-order valence-corrected chi connectivity index (χ3v) is 3.67. The molecule has 4 nitrogen and oxygen atoms in total. The smallest absolute Gasteiger partial charge is 0.209 e. The normalized spacial score (nSPS) is 27.9. The molecule has 90 valence electrons. The van der Waals surface area contributed by atoms with Crippen LogP contribution < -0.4 is 5.14 Å². The molecule has 0 amide bonds. The minimum atomic E-state index is -3.32. The van der Waals surface area contributed by atoms with Crippen LogP contribution in [-0.2, 0) is 14.8 Å². The Balaban J connectivity index is 2.09. The largest absolute Gasteiger partial charge is 0.378 e. The highest BCUT2D eigenvalue weighted by Crippen LogP contribution is 2.25. The maximum absolute atomic E-state index is 10.7. The van der Waals surface area contributed by atoms with E-state index in [9.17, 15) is 8.42 Å². The van der Waals surface area contributed by atoms with Crippen molar-refractivity contribution in [3.8, 4) is 0 Å². The molecule has 1 fully saturated rings. The van der Waals surface area contributed by atoms with Crippen molar-refractivity contribution in [1.29, 1.82) is 0 Å². The second kappa shape index (κ2) is 5.82. The molecule has 0 saturated heterocycles. The van der Waals surface area contributed by atoms with E-state index < -0.39 is 10.0 Å². The molecule has 1 saturated carbocycles. The molecular formula is C10H21NO3S. The number of ether oxygens (including phenoxy) is 1. The monoisotopic (exact) mass is 235 g/mol. The topological polar surface area (TPSA) is 69.4 Å². The zero-order valence-electron chi connectivity index (χ0n) is 9.31. The molecule has 1 aliphatic rings. The molecule has 0 aromatic rings. The van der Waals surface area contributed by atoms with Gasteiger partial charge in [-0.3, -0.25) is 0 Å². The van der Waals surface area contributed by atoms with Gasteiger partial charge < -0.3 is 4.74 Å². The molecule has 2 N–H and O–H groups in total. The molecule has 5 heteroatoms. The molecule has 0 aromatic heterocycles. The summed E-state index contributed by atoms with van der Waals surface area (Å²) in [6, 6.07) is 0. The van der Waals surface area contributed by atoms with Crippen molar-refractivity contribution in [2.75, 3.05) is 12.4 Å². The van der Waals surface area contributed by atoms with Crippen molar-refractivity contribution in [3.05, 3.63) is 0 Å². The highest BCUT2D eigenvalue weighted by atomic mass is 32.2. The lowest BCUT2D eigenvalue weighted by molar-refractivity contribution is 0.0162. The van der Waals surface area contributed by atoms with Gasteiger partial charge in [0, 0.05) is 6.61 Å². The summed E-state index contributed by atoms with van der Waals surface area (Å²) in [5, 5.41) is 4.89. The number of hydrogen-bond acceptors (Lipinski definition) is 3. The van der Waals surface area contributed by atoms with Gasteiger partial charge in [-0.25, -0.2) is 13.6 Å². The summed E-state index contributed by atoms with van der Waals surface area (Å²) in [6.07, 6.45) is 5.56. The second-order valence-electron chi connectivity index (χ2n) is 4.49. The molecule has 15 heavy (non-hydrogen) atoms. The molecule has 1 rings (SSSR count). The fourth-order valence-electron chi connectivity index (χ4n) is 2.04. The van der Waals surface area contributed by atoms with Crippen LogP contribution in [0.3, 0.4) is 0 Å². The van der Waals surface area contributed by atoms with Gasteiger partial charge in [-0.2, -0.15) is 0 Å². The average Bonchev–Trinajstić information content (AvgIpc) is 2.11. The summed E-state index contributed by atoms with van der Waals surface area (Å²) in [5.74, 6) is 0.761. The van der Waals surface area contributed by atoms with E-state index in [1.807, 2.05) is 0 Å². The van der Waals surface area contributed by atoms with Crippen LogP contribution in [0.25, 0.3) is 0 Å². The van der Waals surface area contributed by atoms with Crippen LogP contribution in [0.4, 0.5) is 0 Å². The Labute approximate surface area is 92.2 Å². The van der Waals surface area contributed by atoms with Crippen LogP contribution in [0.2, 0.25) is 0 Å². The summed E-state index contributed by atoms with van der Waals surface area (Å²) in [7, 11) is -3.32. The summed E-state index contributed by atoms with van der Waals surface area (Å²) in [6.45, 7) is 2.74. The van der Waals surface area contributed by atoms with Gasteiger partial charge in [-0.05, 0) is 25.2 Å². The van der Waals surface area contributed by atoms with E-state index in [0.29, 0.717) is 19.1 Å². The van der Waals surface area contributed by atoms with E-state index in [1.165, 1.54) is 12.8 Å². The Bertz CT molecular complexity index is 276. The molecule has 0 heterocycles. The fourth-order valence-corrected chi connectivity index (χ4v) is 2.56. The molecule has 0 spiro atoms. The first-order valence-electron chi connectivity index (χ1n) is 5.59. The number of nitrogens with two attached hydrogens (primary N) is 1. The van der Waals surface area contributed by atoms with Gasteiger partial charge in [-0.15, -0.1) is 0 Å². The maximum atomic E-state index is 10.7. The molecule has 2 atom stereocenters. The van der Waals surface area contributed by atoms with Crippen LogP contribution in [-0.4, -0.2) is 26.9 Å². The van der Waals surface area contributed by atoms with Gasteiger partial charge in [0.25, 0.3) is 0 Å². The fraction of sp³-hybridized carbons (Fsp3) is 1.00. The van der Waals surface area contributed by atoms with Crippen molar-refractivity contribution >= 4 is 10.0 Å². The summed E-state index contributed by atoms with van der Waals surface area (Å²) in [5.41, 5.74) is 0. The van der Waals surface area contributed by atoms with E-state index in [0.717, 1.165) is 18.8 Å². The van der Waals surface area contributed by atoms with Crippen molar-refractivity contribution in [1.82, 2.24) is 0 Å². The SMILES string of the molecule is CC1CCCC(OCCCS(N)(=O)=O)C1. The van der Waals surface area contributed by atoms with Crippen LogP contribution in [0.1, 0.15) is 39.0 Å². The van der Waals surface area contributed by atoms with Gasteiger partial charge in [0.15, 0.2) is 0 Å². The van der Waals surface area contributed by atoms with Gasteiger partial charge >= 0.3 is 0 Å². The number of primary sulfonamides is 1. The minimum Gasteiger partial charge on any atom is -0.378 e. The first-order valence-corrected chi connectivity index (χ1v) is 7.31. The van der Waals surface area contributed by atoms with Crippen molar-refractivity contribution in [3.63, 3.8) is 0 Å². The predicted molar refractivity (Wildman–Crippen MR) is 60.0 cm³/mol. The number of rotatable bonds is 5. The number of sulfonamides is 1. The highest BCUT2D eigenvalue weighted by Gasteiger charge is 2.19. The highest BCUT2D eigenvalue weighted by molar-refractivity contribution is 7.89. The van der Waals surface area contributed by atoms with E-state index in [2.05, 4.69) is 6.92 Å². The molecule has 1 aliphatic carbocycles. The Morgan fingerprint density at radius 3 is 2.73 bits per heavy atom. The zero-order valence-corrected chi connectivity index (χ0v) is 10.1. The third kappa shape index (κ3) is 6.12. The van der Waals surface area contributed by atoms with Crippen LogP contribution in [0, 0.1) is 5.92 Å². The van der Waals surface area contributed by atoms with E-state index >= 15 is 0 Å². The Morgan fingerprint density at radius 1 is 1.40 bits per heavy atom. The van der Waals surface area contributed by atoms with Gasteiger partial charge in [0.1, 0.15) is 0 Å². The standard InChI is InChI=1S/C10H21NO3S/c1-9-4-2-5-10(8-9)14-6-3-7-15(11,12)13/h9-10H,2-8H2,1H3,(H2,11,12,13). The van der Waals surface area contributed by atoms with E-state index in [4.69, 9.17) is 9.88 Å². The molecule has 0 aliphatic heterocycles. The second-order valence-corrected chi connectivity index (χ2v) is 6.22. The molecule has 0 radical (unpaired) electrons. The predicted octanol–water partition coefficient (Wildman–Crippen LogP) is 1.26. The van der Waals surface area contributed by atoms with Crippen LogP contribution in [0.15, 0.2) is 0 Å². The Kier molecular flexibility index (Phi) is 5.02. The van der Waals surface area contributed by atoms with Crippen molar-refractivity contribution in [2.45, 2.75) is 45.1 Å². The van der Waals surface area contributed by atoms with Gasteiger partial charge in [0.05, 0.1) is 11.9 Å². The minimum absolute atomic E-state index is 0.0231. The molecule has 0 aromatic carbocycles. The molecular weight excluding hydrogens is 214 g/mol.